The van der Waals surface area contributed by atoms with Crippen molar-refractivity contribution in [3.05, 3.63) is 65.8 Å². The highest BCUT2D eigenvalue weighted by atomic mass is 16.6. The van der Waals surface area contributed by atoms with Gasteiger partial charge in [-0.05, 0) is 81.7 Å². The Balaban J connectivity index is 1.50. The van der Waals surface area contributed by atoms with Gasteiger partial charge in [-0.2, -0.15) is 0 Å². The zero-order valence-electron chi connectivity index (χ0n) is 31.6. The number of ether oxygens (including phenoxy) is 3. The first-order valence-electron chi connectivity index (χ1n) is 19.0. The van der Waals surface area contributed by atoms with E-state index in [1.165, 1.54) is 5.69 Å². The number of cyclic esters (lactones) is 1. The van der Waals surface area contributed by atoms with Gasteiger partial charge in [0.15, 0.2) is 0 Å². The molecule has 10 atom stereocenters. The topological polar surface area (TPSA) is 116 Å². The van der Waals surface area contributed by atoms with Gasteiger partial charge in [-0.25, -0.2) is 0 Å². The van der Waals surface area contributed by atoms with Crippen LogP contribution in [0.4, 0.5) is 5.69 Å². The summed E-state index contributed by atoms with van der Waals surface area (Å²) in [6.07, 6.45) is 12.9. The fourth-order valence-electron chi connectivity index (χ4n) is 7.52. The van der Waals surface area contributed by atoms with Crippen LogP contribution in [-0.2, 0) is 25.5 Å². The van der Waals surface area contributed by atoms with Crippen molar-refractivity contribution in [3.8, 4) is 0 Å². The maximum Gasteiger partial charge on any atom is 0.309 e. The summed E-state index contributed by atoms with van der Waals surface area (Å²) in [6.45, 7) is 17.0. The highest BCUT2D eigenvalue weighted by molar-refractivity contribution is 5.70. The standard InChI is InChI=1S/C41H65N3O6/c1-8-35(48-7)31(5)38-39(50-38)40(43-27-32-16-18-33(19-17-32)44-24-11-22-42-23-25-44)41(6,47)21-10-14-30(4)37-29(3)13-9-12-28(2)15-20-34(45)26-36(46)49-37/h9-10,13-14,16-19,21,28-29,31,34-35,37-40,42-43,45,47H,8,11-12,15,20,22-27H2,1-7H3. The first-order chi connectivity index (χ1) is 23.9. The second-order valence-corrected chi connectivity index (χ2v) is 15.2. The Kier molecular flexibility index (Phi) is 15.6. The van der Waals surface area contributed by atoms with E-state index in [1.54, 1.807) is 7.11 Å². The van der Waals surface area contributed by atoms with E-state index >= 15 is 0 Å². The number of nitrogens with zero attached hydrogens (tertiary/aromatic N) is 1. The third-order valence-electron chi connectivity index (χ3n) is 10.8. The second kappa shape index (κ2) is 19.3. The van der Waals surface area contributed by atoms with Crippen molar-refractivity contribution < 1.29 is 29.2 Å². The van der Waals surface area contributed by atoms with Crippen molar-refractivity contribution in [1.29, 1.82) is 0 Å². The molecule has 280 valence electrons. The summed E-state index contributed by atoms with van der Waals surface area (Å²) < 4.78 is 18.0. The third kappa shape index (κ3) is 11.8. The number of epoxide rings is 1. The molecule has 0 amide bonds. The van der Waals surface area contributed by atoms with E-state index < -0.39 is 23.8 Å². The van der Waals surface area contributed by atoms with Crippen LogP contribution in [0.15, 0.2) is 60.2 Å². The van der Waals surface area contributed by atoms with Crippen molar-refractivity contribution in [2.75, 3.05) is 38.2 Å². The molecule has 10 unspecified atom stereocenters. The van der Waals surface area contributed by atoms with Gasteiger partial charge in [0.25, 0.3) is 0 Å². The molecule has 1 aromatic rings. The number of benzene rings is 1. The molecule has 0 saturated carbocycles. The molecule has 0 aromatic heterocycles. The van der Waals surface area contributed by atoms with Crippen molar-refractivity contribution in [3.63, 3.8) is 0 Å². The highest BCUT2D eigenvalue weighted by Crippen LogP contribution is 2.39. The maximum atomic E-state index is 12.8. The number of allylic oxidation sites excluding steroid dienone is 3. The number of methoxy groups -OCH3 is 1. The van der Waals surface area contributed by atoms with Gasteiger partial charge in [0.1, 0.15) is 12.2 Å². The Labute approximate surface area is 301 Å². The molecule has 0 spiro atoms. The molecule has 2 saturated heterocycles. The van der Waals surface area contributed by atoms with Crippen LogP contribution in [0.25, 0.3) is 0 Å². The number of hydrogen-bond donors (Lipinski definition) is 4. The van der Waals surface area contributed by atoms with Crippen molar-refractivity contribution >= 4 is 11.7 Å². The normalized spacial score (nSPS) is 30.4. The van der Waals surface area contributed by atoms with Crippen LogP contribution in [0.5, 0.6) is 0 Å². The lowest BCUT2D eigenvalue weighted by molar-refractivity contribution is -0.151. The first-order valence-corrected chi connectivity index (χ1v) is 19.0. The second-order valence-electron chi connectivity index (χ2n) is 15.2. The lowest BCUT2D eigenvalue weighted by Crippen LogP contribution is -2.52. The van der Waals surface area contributed by atoms with E-state index in [0.717, 1.165) is 63.0 Å². The van der Waals surface area contributed by atoms with Gasteiger partial charge >= 0.3 is 5.97 Å². The summed E-state index contributed by atoms with van der Waals surface area (Å²) in [5, 5.41) is 29.5. The van der Waals surface area contributed by atoms with Crippen LogP contribution in [-0.4, -0.2) is 91.6 Å². The fraction of sp³-hybridized carbons (Fsp3) is 0.683. The Morgan fingerprint density at radius 2 is 1.94 bits per heavy atom. The van der Waals surface area contributed by atoms with E-state index in [4.69, 9.17) is 14.2 Å². The summed E-state index contributed by atoms with van der Waals surface area (Å²) in [7, 11) is 1.75. The van der Waals surface area contributed by atoms with Gasteiger partial charge in [0, 0.05) is 50.8 Å². The summed E-state index contributed by atoms with van der Waals surface area (Å²) in [5.74, 6) is 0.176. The molecule has 0 bridgehead atoms. The number of rotatable bonds is 13. The maximum absolute atomic E-state index is 12.8. The monoisotopic (exact) mass is 695 g/mol. The van der Waals surface area contributed by atoms with Crippen LogP contribution >= 0.6 is 0 Å². The first kappa shape index (κ1) is 40.2. The number of hydrogen-bond acceptors (Lipinski definition) is 9. The summed E-state index contributed by atoms with van der Waals surface area (Å²) >= 11 is 0. The molecule has 3 aliphatic rings. The van der Waals surface area contributed by atoms with E-state index in [1.807, 2.05) is 39.0 Å². The van der Waals surface area contributed by atoms with Gasteiger partial charge in [0.05, 0.1) is 36.4 Å². The van der Waals surface area contributed by atoms with Gasteiger partial charge in [0.2, 0.25) is 0 Å². The number of nitrogens with one attached hydrogen (secondary N) is 2. The van der Waals surface area contributed by atoms with E-state index in [0.29, 0.717) is 18.9 Å². The number of aliphatic hydroxyl groups is 2. The molecular weight excluding hydrogens is 630 g/mol. The van der Waals surface area contributed by atoms with Crippen molar-refractivity contribution in [2.45, 2.75) is 129 Å². The van der Waals surface area contributed by atoms with Gasteiger partial charge in [-0.3, -0.25) is 4.79 Å². The molecular formula is C41H65N3O6. The molecule has 3 heterocycles. The summed E-state index contributed by atoms with van der Waals surface area (Å²) in [4.78, 5) is 15.2. The smallest absolute Gasteiger partial charge is 0.309 e. The van der Waals surface area contributed by atoms with Gasteiger partial charge in [-0.15, -0.1) is 0 Å². The molecule has 3 aliphatic heterocycles. The van der Waals surface area contributed by atoms with Crippen LogP contribution < -0.4 is 15.5 Å². The Morgan fingerprint density at radius 3 is 2.66 bits per heavy atom. The quantitative estimate of drug-likeness (QED) is 0.0893. The minimum absolute atomic E-state index is 0.00770. The predicted molar refractivity (Wildman–Crippen MR) is 201 cm³/mol. The molecule has 0 aliphatic carbocycles. The minimum atomic E-state index is -1.25. The Bertz CT molecular complexity index is 1270. The zero-order chi connectivity index (χ0) is 36.3. The molecule has 0 radical (unpaired) electrons. The van der Waals surface area contributed by atoms with Crippen LogP contribution in [0, 0.1) is 17.8 Å². The van der Waals surface area contributed by atoms with E-state index in [2.05, 4.69) is 72.7 Å². The molecule has 2 fully saturated rings. The third-order valence-corrected chi connectivity index (χ3v) is 10.8. The van der Waals surface area contributed by atoms with Crippen LogP contribution in [0.2, 0.25) is 0 Å². The average molecular weight is 696 g/mol. The van der Waals surface area contributed by atoms with Crippen LogP contribution in [0.1, 0.15) is 85.6 Å². The Hall–Kier alpha value is -2.53. The molecule has 4 rings (SSSR count). The van der Waals surface area contributed by atoms with Crippen molar-refractivity contribution in [2.24, 2.45) is 17.8 Å². The number of aliphatic hydroxyl groups excluding tert-OH is 1. The number of carbonyl (C=O) groups is 1. The fourth-order valence-corrected chi connectivity index (χ4v) is 7.52. The molecule has 4 N–H and O–H groups in total. The molecule has 50 heavy (non-hydrogen) atoms. The SMILES string of the molecule is CCC(OC)C(C)C1OC1C(NCc1ccc(N2CCCNCC2)cc1)C(C)(O)C=CC=C(C)C1OC(=O)CC(O)CCC(C)CC=CC1C. The summed E-state index contributed by atoms with van der Waals surface area (Å²) in [6, 6.07) is 8.34. The van der Waals surface area contributed by atoms with Crippen molar-refractivity contribution in [1.82, 2.24) is 10.6 Å². The number of anilines is 1. The lowest BCUT2D eigenvalue weighted by atomic mass is 9.87. The van der Waals surface area contributed by atoms with Gasteiger partial charge < -0.3 is 40.0 Å². The molecule has 9 nitrogen and oxygen atoms in total. The summed E-state index contributed by atoms with van der Waals surface area (Å²) in [5.41, 5.74) is 1.99. The molecule has 1 aromatic carbocycles. The van der Waals surface area contributed by atoms with Crippen LogP contribution in [0.3, 0.4) is 0 Å². The van der Waals surface area contributed by atoms with E-state index in [-0.39, 0.29) is 42.6 Å². The Morgan fingerprint density at radius 1 is 1.18 bits per heavy atom. The highest BCUT2D eigenvalue weighted by Gasteiger charge is 2.54. The van der Waals surface area contributed by atoms with E-state index in [9.17, 15) is 15.0 Å². The van der Waals surface area contributed by atoms with Gasteiger partial charge in [-0.1, -0.05) is 70.2 Å². The average Bonchev–Trinajstić information content (AvgIpc) is 3.91. The molecule has 9 heteroatoms. The zero-order valence-corrected chi connectivity index (χ0v) is 31.6. The number of esters is 1. The lowest BCUT2D eigenvalue weighted by Gasteiger charge is -2.31. The number of carbonyl (C=O) groups excluding carboxylic acids is 1. The minimum Gasteiger partial charge on any atom is -0.457 e. The largest absolute Gasteiger partial charge is 0.457 e. The predicted octanol–water partition coefficient (Wildman–Crippen LogP) is 5.70.